The second-order valence-corrected chi connectivity index (χ2v) is 4.90. The van der Waals surface area contributed by atoms with Crippen LogP contribution in [-0.4, -0.2) is 6.29 Å². The Morgan fingerprint density at radius 3 is 2.30 bits per heavy atom. The zero-order valence-electron chi connectivity index (χ0n) is 11.5. The summed E-state index contributed by atoms with van der Waals surface area (Å²) in [6, 6.07) is 12.4. The number of nitrogens with zero attached hydrogens (tertiary/aromatic N) is 1. The monoisotopic (exact) mass is 291 g/mol. The van der Waals surface area contributed by atoms with Gasteiger partial charge in [-0.3, -0.25) is 0 Å². The lowest BCUT2D eigenvalue weighted by Gasteiger charge is -2.12. The van der Waals surface area contributed by atoms with Gasteiger partial charge < -0.3 is 21.9 Å². The van der Waals surface area contributed by atoms with Crippen LogP contribution in [0.5, 0.6) is 0 Å². The van der Waals surface area contributed by atoms with Gasteiger partial charge in [0.2, 0.25) is 6.29 Å². The summed E-state index contributed by atoms with van der Waals surface area (Å²) in [6.45, 7) is 4.04. The number of aromatic nitrogens is 1. The molecule has 1 aromatic heterocycles. The van der Waals surface area contributed by atoms with E-state index in [1.165, 1.54) is 16.7 Å². The average Bonchev–Trinajstić information content (AvgIpc) is 2.62. The van der Waals surface area contributed by atoms with Gasteiger partial charge in [-0.15, -0.1) is 0 Å². The molecule has 0 radical (unpaired) electrons. The summed E-state index contributed by atoms with van der Waals surface area (Å²) in [5.41, 5.74) is 3.68. The Balaban J connectivity index is 0.00000147. The molecule has 0 bridgehead atoms. The summed E-state index contributed by atoms with van der Waals surface area (Å²) in [5.74, 6) is 0. The fraction of sp³-hybridized carbons (Fsp3) is 0.312. The van der Waals surface area contributed by atoms with Gasteiger partial charge in [0, 0.05) is 11.6 Å². The van der Waals surface area contributed by atoms with Crippen LogP contribution in [0.25, 0.3) is 0 Å². The van der Waals surface area contributed by atoms with Crippen LogP contribution in [0, 0.1) is 6.92 Å². The molecule has 1 aliphatic rings. The second kappa shape index (κ2) is 6.84. The Morgan fingerprint density at radius 2 is 1.70 bits per heavy atom. The molecule has 2 heterocycles. The zero-order valence-corrected chi connectivity index (χ0v) is 12.2. The van der Waals surface area contributed by atoms with Gasteiger partial charge in [-0.05, 0) is 24.1 Å². The summed E-state index contributed by atoms with van der Waals surface area (Å²) in [4.78, 5) is 0. The van der Waals surface area contributed by atoms with E-state index in [2.05, 4.69) is 35.9 Å². The SMILES string of the molecule is Cc1ccc[n+](CC2OCc3ccccc3CO2)c1.[Cl-]. The number of aryl methyl sites for hydroxylation is 1. The van der Waals surface area contributed by atoms with Crippen LogP contribution in [0.15, 0.2) is 48.8 Å². The highest BCUT2D eigenvalue weighted by molar-refractivity contribution is 5.26. The predicted molar refractivity (Wildman–Crippen MR) is 71.2 cm³/mol. The van der Waals surface area contributed by atoms with Crippen molar-refractivity contribution < 1.29 is 26.4 Å². The van der Waals surface area contributed by atoms with Crippen LogP contribution in [0.1, 0.15) is 16.7 Å². The lowest BCUT2D eigenvalue weighted by molar-refractivity contribution is -0.711. The Hall–Kier alpha value is -1.42. The minimum Gasteiger partial charge on any atom is -1.00 e. The van der Waals surface area contributed by atoms with Crippen LogP contribution >= 0.6 is 0 Å². The van der Waals surface area contributed by atoms with Crippen molar-refractivity contribution in [2.45, 2.75) is 33.0 Å². The molecular weight excluding hydrogens is 274 g/mol. The molecule has 0 amide bonds. The zero-order chi connectivity index (χ0) is 13.1. The van der Waals surface area contributed by atoms with Crippen molar-refractivity contribution >= 4 is 0 Å². The summed E-state index contributed by atoms with van der Waals surface area (Å²) < 4.78 is 13.8. The lowest BCUT2D eigenvalue weighted by atomic mass is 10.1. The van der Waals surface area contributed by atoms with E-state index in [9.17, 15) is 0 Å². The Morgan fingerprint density at radius 1 is 1.05 bits per heavy atom. The first-order valence-corrected chi connectivity index (χ1v) is 6.57. The molecule has 0 spiro atoms. The molecular formula is C16H18ClNO2. The average molecular weight is 292 g/mol. The first kappa shape index (κ1) is 15.0. The smallest absolute Gasteiger partial charge is 0.218 e. The van der Waals surface area contributed by atoms with Crippen molar-refractivity contribution in [2.24, 2.45) is 0 Å². The highest BCUT2D eigenvalue weighted by Gasteiger charge is 2.20. The van der Waals surface area contributed by atoms with Crippen LogP contribution in [0.4, 0.5) is 0 Å². The van der Waals surface area contributed by atoms with E-state index in [-0.39, 0.29) is 18.7 Å². The maximum atomic E-state index is 5.83. The summed E-state index contributed by atoms with van der Waals surface area (Å²) in [6.07, 6.45) is 3.95. The minimum atomic E-state index is -0.195. The molecule has 4 heteroatoms. The van der Waals surface area contributed by atoms with Crippen LogP contribution in [0.3, 0.4) is 0 Å². The van der Waals surface area contributed by atoms with E-state index in [0.717, 1.165) is 6.54 Å². The number of benzene rings is 1. The fourth-order valence-electron chi connectivity index (χ4n) is 2.30. The molecule has 2 aromatic rings. The van der Waals surface area contributed by atoms with E-state index >= 15 is 0 Å². The number of ether oxygens (including phenoxy) is 2. The van der Waals surface area contributed by atoms with Gasteiger partial charge in [0.25, 0.3) is 0 Å². The summed E-state index contributed by atoms with van der Waals surface area (Å²) in [7, 11) is 0. The van der Waals surface area contributed by atoms with Crippen molar-refractivity contribution in [1.29, 1.82) is 0 Å². The molecule has 20 heavy (non-hydrogen) atoms. The van der Waals surface area contributed by atoms with Crippen LogP contribution < -0.4 is 17.0 Å². The van der Waals surface area contributed by atoms with E-state index < -0.39 is 0 Å². The molecule has 0 N–H and O–H groups in total. The number of pyridine rings is 1. The second-order valence-electron chi connectivity index (χ2n) is 4.90. The molecule has 0 atom stereocenters. The molecule has 0 fully saturated rings. The number of hydrogen-bond acceptors (Lipinski definition) is 2. The highest BCUT2D eigenvalue weighted by atomic mass is 35.5. The third kappa shape index (κ3) is 3.57. The molecule has 0 unspecified atom stereocenters. The molecule has 3 rings (SSSR count). The number of rotatable bonds is 2. The van der Waals surface area contributed by atoms with Gasteiger partial charge in [-0.1, -0.05) is 24.3 Å². The summed E-state index contributed by atoms with van der Waals surface area (Å²) in [5, 5.41) is 0. The maximum absolute atomic E-state index is 5.83. The van der Waals surface area contributed by atoms with Crippen molar-refractivity contribution in [3.8, 4) is 0 Å². The number of fused-ring (bicyclic) bond motifs is 1. The predicted octanol–water partition coefficient (Wildman–Crippen LogP) is -0.640. The van der Waals surface area contributed by atoms with Crippen LogP contribution in [0.2, 0.25) is 0 Å². The topological polar surface area (TPSA) is 22.3 Å². The molecule has 1 aliphatic heterocycles. The largest absolute Gasteiger partial charge is 1.00 e. The quantitative estimate of drug-likeness (QED) is 0.687. The van der Waals surface area contributed by atoms with Crippen LogP contribution in [-0.2, 0) is 29.2 Å². The van der Waals surface area contributed by atoms with Crippen molar-refractivity contribution in [3.05, 3.63) is 65.5 Å². The van der Waals surface area contributed by atoms with Crippen molar-refractivity contribution in [1.82, 2.24) is 0 Å². The van der Waals surface area contributed by atoms with Crippen molar-refractivity contribution in [3.63, 3.8) is 0 Å². The minimum absolute atomic E-state index is 0. The lowest BCUT2D eigenvalue weighted by Crippen LogP contribution is -3.00. The third-order valence-corrected chi connectivity index (χ3v) is 3.33. The number of hydrogen-bond donors (Lipinski definition) is 0. The Labute approximate surface area is 125 Å². The first-order chi connectivity index (χ1) is 9.31. The first-order valence-electron chi connectivity index (χ1n) is 6.57. The van der Waals surface area contributed by atoms with Gasteiger partial charge in [0.1, 0.15) is 0 Å². The van der Waals surface area contributed by atoms with Gasteiger partial charge >= 0.3 is 0 Å². The summed E-state index contributed by atoms with van der Waals surface area (Å²) >= 11 is 0. The third-order valence-electron chi connectivity index (χ3n) is 3.33. The van der Waals surface area contributed by atoms with Gasteiger partial charge in [0.05, 0.1) is 13.2 Å². The van der Waals surface area contributed by atoms with E-state index in [0.29, 0.717) is 13.2 Å². The molecule has 0 saturated heterocycles. The standard InChI is InChI=1S/C16H18NO2.ClH/c1-13-5-4-8-17(9-13)10-16-18-11-14-6-2-3-7-15(14)12-19-16;/h2-9,16H,10-12H2,1H3;1H/q+1;/p-1. The van der Waals surface area contributed by atoms with E-state index in [1.807, 2.05) is 24.4 Å². The Bertz CT molecular complexity index is 547. The van der Waals surface area contributed by atoms with E-state index in [4.69, 9.17) is 9.47 Å². The van der Waals surface area contributed by atoms with Gasteiger partial charge in [0.15, 0.2) is 18.9 Å². The molecule has 1 aromatic carbocycles. The Kier molecular flexibility index (Phi) is 5.12. The van der Waals surface area contributed by atoms with Gasteiger partial charge in [-0.2, -0.15) is 4.57 Å². The van der Waals surface area contributed by atoms with Gasteiger partial charge in [-0.25, -0.2) is 0 Å². The fourth-order valence-corrected chi connectivity index (χ4v) is 2.30. The maximum Gasteiger partial charge on any atom is 0.218 e. The normalized spacial score (nSPS) is 15.1. The highest BCUT2D eigenvalue weighted by Crippen LogP contribution is 2.17. The number of halogens is 1. The van der Waals surface area contributed by atoms with Crippen molar-refractivity contribution in [2.75, 3.05) is 0 Å². The molecule has 106 valence electrons. The molecule has 0 saturated carbocycles. The van der Waals surface area contributed by atoms with E-state index in [1.54, 1.807) is 0 Å². The molecule has 3 nitrogen and oxygen atoms in total. The molecule has 0 aliphatic carbocycles.